The van der Waals surface area contributed by atoms with Gasteiger partial charge >= 0.3 is 0 Å². The Balaban J connectivity index is 1.24. The van der Waals surface area contributed by atoms with Gasteiger partial charge in [-0.3, -0.25) is 0 Å². The number of rotatable bonds is 7. The Labute approximate surface area is 287 Å². The maximum atomic E-state index is 5.17. The Morgan fingerprint density at radius 1 is 0.469 bits per heavy atom. The van der Waals surface area contributed by atoms with E-state index in [9.17, 15) is 0 Å². The second kappa shape index (κ2) is 13.0. The average Bonchev–Trinajstić information content (AvgIpc) is 3.18. The van der Waals surface area contributed by atoms with Crippen LogP contribution >= 0.6 is 0 Å². The van der Waals surface area contributed by atoms with Crippen molar-refractivity contribution < 1.29 is 0 Å². The van der Waals surface area contributed by atoms with Gasteiger partial charge in [0.15, 0.2) is 5.82 Å². The first kappa shape index (κ1) is 30.0. The number of allylic oxidation sites excluding steroid dienone is 3. The summed E-state index contributed by atoms with van der Waals surface area (Å²) in [6.45, 7) is 5.95. The molecule has 7 aromatic carbocycles. The van der Waals surface area contributed by atoms with Crippen LogP contribution in [0.5, 0.6) is 0 Å². The molecule has 1 aromatic heterocycles. The van der Waals surface area contributed by atoms with Crippen molar-refractivity contribution in [3.05, 3.63) is 188 Å². The molecule has 0 aliphatic carbocycles. The zero-order valence-corrected chi connectivity index (χ0v) is 27.3. The van der Waals surface area contributed by atoms with Crippen LogP contribution in [0, 0.1) is 0 Å². The summed E-state index contributed by atoms with van der Waals surface area (Å²) < 4.78 is 0. The fourth-order valence-corrected chi connectivity index (χ4v) is 6.63. The lowest BCUT2D eigenvalue weighted by Gasteiger charge is -2.13. The highest BCUT2D eigenvalue weighted by Gasteiger charge is 2.14. The summed E-state index contributed by atoms with van der Waals surface area (Å²) in [7, 11) is 0. The summed E-state index contributed by atoms with van der Waals surface area (Å²) in [5.74, 6) is 0.694. The van der Waals surface area contributed by atoms with Gasteiger partial charge in [-0.25, -0.2) is 9.97 Å². The van der Waals surface area contributed by atoms with Crippen molar-refractivity contribution in [1.29, 1.82) is 0 Å². The van der Waals surface area contributed by atoms with E-state index in [1.54, 1.807) is 0 Å². The highest BCUT2D eigenvalue weighted by molar-refractivity contribution is 6.13. The first-order chi connectivity index (χ1) is 24.1. The Morgan fingerprint density at radius 3 is 1.82 bits per heavy atom. The molecule has 2 nitrogen and oxygen atoms in total. The van der Waals surface area contributed by atoms with Crippen molar-refractivity contribution >= 4 is 27.1 Å². The zero-order chi connectivity index (χ0) is 33.2. The molecule has 0 N–H and O–H groups in total. The Morgan fingerprint density at radius 2 is 1.06 bits per heavy atom. The van der Waals surface area contributed by atoms with Gasteiger partial charge in [-0.05, 0) is 80.1 Å². The third-order valence-electron chi connectivity index (χ3n) is 9.22. The molecular weight excluding hydrogens is 593 g/mol. The van der Waals surface area contributed by atoms with Crippen LogP contribution in [-0.2, 0) is 0 Å². The van der Waals surface area contributed by atoms with Gasteiger partial charge in [0.2, 0.25) is 0 Å². The fourth-order valence-electron chi connectivity index (χ4n) is 6.63. The molecule has 0 unspecified atom stereocenters. The van der Waals surface area contributed by atoms with Crippen LogP contribution in [-0.4, -0.2) is 9.97 Å². The monoisotopic (exact) mass is 626 g/mol. The molecule has 49 heavy (non-hydrogen) atoms. The van der Waals surface area contributed by atoms with Crippen molar-refractivity contribution in [2.75, 3.05) is 0 Å². The van der Waals surface area contributed by atoms with Crippen LogP contribution in [0.15, 0.2) is 183 Å². The maximum Gasteiger partial charge on any atom is 0.160 e. The summed E-state index contributed by atoms with van der Waals surface area (Å²) in [6, 6.07) is 58.0. The van der Waals surface area contributed by atoms with Gasteiger partial charge in [-0.1, -0.05) is 164 Å². The molecule has 0 fully saturated rings. The lowest BCUT2D eigenvalue weighted by molar-refractivity contribution is 1.18. The number of nitrogens with zero attached hydrogens (tertiary/aromatic N) is 2. The molecule has 0 bridgehead atoms. The molecule has 0 saturated heterocycles. The van der Waals surface area contributed by atoms with Crippen LogP contribution in [0.25, 0.3) is 83.3 Å². The zero-order valence-electron chi connectivity index (χ0n) is 27.3. The van der Waals surface area contributed by atoms with E-state index in [4.69, 9.17) is 9.97 Å². The number of hydrogen-bond donors (Lipinski definition) is 0. The number of aromatic nitrogens is 2. The molecule has 0 atom stereocenters. The SMILES string of the molecule is C=C/C=C(\C)c1ccc(-c2cc(-c3cccc(-c4ccccc4)c3)nc(-c3ccc(-c4cc5ccccc5c5ccccc45)cc3)n2)cc1. The van der Waals surface area contributed by atoms with Crippen molar-refractivity contribution in [3.63, 3.8) is 0 Å². The molecule has 0 aliphatic heterocycles. The summed E-state index contributed by atoms with van der Waals surface area (Å²) in [5, 5.41) is 5.01. The Kier molecular flexibility index (Phi) is 7.97. The smallest absolute Gasteiger partial charge is 0.160 e. The highest BCUT2D eigenvalue weighted by atomic mass is 14.9. The highest BCUT2D eigenvalue weighted by Crippen LogP contribution is 2.36. The quantitative estimate of drug-likeness (QED) is 0.130. The minimum Gasteiger partial charge on any atom is -0.228 e. The van der Waals surface area contributed by atoms with E-state index in [0.29, 0.717) is 5.82 Å². The van der Waals surface area contributed by atoms with Crippen molar-refractivity contribution in [1.82, 2.24) is 9.97 Å². The van der Waals surface area contributed by atoms with Gasteiger partial charge in [0.25, 0.3) is 0 Å². The molecule has 0 amide bonds. The van der Waals surface area contributed by atoms with E-state index in [1.807, 2.05) is 18.2 Å². The van der Waals surface area contributed by atoms with Crippen LogP contribution in [0.4, 0.5) is 0 Å². The first-order valence-electron chi connectivity index (χ1n) is 16.6. The molecule has 8 rings (SSSR count). The average molecular weight is 627 g/mol. The minimum absolute atomic E-state index is 0.694. The Bertz CT molecular complexity index is 2490. The molecule has 0 spiro atoms. The van der Waals surface area contributed by atoms with E-state index in [0.717, 1.165) is 44.8 Å². The number of fused-ring (bicyclic) bond motifs is 3. The summed E-state index contributed by atoms with van der Waals surface area (Å²) in [5.41, 5.74) is 11.9. The second-order valence-corrected chi connectivity index (χ2v) is 12.3. The van der Waals surface area contributed by atoms with Gasteiger partial charge in [0.1, 0.15) is 0 Å². The van der Waals surface area contributed by atoms with Crippen LogP contribution < -0.4 is 0 Å². The summed E-state index contributed by atoms with van der Waals surface area (Å²) in [4.78, 5) is 10.3. The van der Waals surface area contributed by atoms with E-state index >= 15 is 0 Å². The number of benzene rings is 7. The van der Waals surface area contributed by atoms with E-state index in [1.165, 1.54) is 38.2 Å². The van der Waals surface area contributed by atoms with Gasteiger partial charge in [-0.15, -0.1) is 0 Å². The lowest BCUT2D eigenvalue weighted by Crippen LogP contribution is -1.96. The third kappa shape index (κ3) is 5.97. The first-order valence-corrected chi connectivity index (χ1v) is 16.6. The normalized spacial score (nSPS) is 11.6. The standard InChI is InChI=1S/C47H34N2/c1-3-12-32(2)33-21-25-36(26-22-33)45-31-46(40-17-11-16-38(29-40)34-13-5-4-6-14-34)49-47(48-45)37-27-23-35(24-28-37)44-30-39-15-7-8-18-41(39)42-19-9-10-20-43(42)44/h3-31H,1H2,2H3/b32-12+. The largest absolute Gasteiger partial charge is 0.228 e. The van der Waals surface area contributed by atoms with Crippen LogP contribution in [0.1, 0.15) is 12.5 Å². The molecule has 2 heteroatoms. The second-order valence-electron chi connectivity index (χ2n) is 12.3. The van der Waals surface area contributed by atoms with E-state index < -0.39 is 0 Å². The van der Waals surface area contributed by atoms with Gasteiger partial charge in [0.05, 0.1) is 11.4 Å². The molecule has 8 aromatic rings. The van der Waals surface area contributed by atoms with Gasteiger partial charge in [0, 0.05) is 16.7 Å². The van der Waals surface area contributed by atoms with E-state index in [-0.39, 0.29) is 0 Å². The third-order valence-corrected chi connectivity index (χ3v) is 9.22. The van der Waals surface area contributed by atoms with Crippen LogP contribution in [0.3, 0.4) is 0 Å². The molecule has 232 valence electrons. The predicted molar refractivity (Wildman–Crippen MR) is 208 cm³/mol. The molecular formula is C47H34N2. The Hall–Kier alpha value is -6.38. The van der Waals surface area contributed by atoms with Crippen molar-refractivity contribution in [2.24, 2.45) is 0 Å². The summed E-state index contributed by atoms with van der Waals surface area (Å²) in [6.07, 6.45) is 3.85. The number of hydrogen-bond acceptors (Lipinski definition) is 2. The van der Waals surface area contributed by atoms with Crippen LogP contribution in [0.2, 0.25) is 0 Å². The van der Waals surface area contributed by atoms with Crippen molar-refractivity contribution in [3.8, 4) is 56.2 Å². The van der Waals surface area contributed by atoms with Crippen molar-refractivity contribution in [2.45, 2.75) is 6.92 Å². The molecule has 0 saturated carbocycles. The minimum atomic E-state index is 0.694. The molecule has 0 aliphatic rings. The van der Waals surface area contributed by atoms with E-state index in [2.05, 4.69) is 171 Å². The van der Waals surface area contributed by atoms with Gasteiger partial charge < -0.3 is 0 Å². The summed E-state index contributed by atoms with van der Waals surface area (Å²) >= 11 is 0. The molecule has 0 radical (unpaired) electrons. The predicted octanol–water partition coefficient (Wildman–Crippen LogP) is 12.7. The maximum absolute atomic E-state index is 5.17. The van der Waals surface area contributed by atoms with Gasteiger partial charge in [-0.2, -0.15) is 0 Å². The lowest BCUT2D eigenvalue weighted by atomic mass is 9.93. The topological polar surface area (TPSA) is 25.8 Å². The fraction of sp³-hybridized carbons (Fsp3) is 0.0213. The molecule has 1 heterocycles.